The lowest BCUT2D eigenvalue weighted by Gasteiger charge is -2.32. The zero-order valence-electron chi connectivity index (χ0n) is 18.7. The molecule has 1 saturated heterocycles. The van der Waals surface area contributed by atoms with Crippen molar-refractivity contribution in [3.05, 3.63) is 88.4 Å². The molecule has 0 aromatic heterocycles. The summed E-state index contributed by atoms with van der Waals surface area (Å²) in [6, 6.07) is 19.4. The highest BCUT2D eigenvalue weighted by Crippen LogP contribution is 2.36. The van der Waals surface area contributed by atoms with Crippen molar-refractivity contribution in [2.24, 2.45) is 0 Å². The summed E-state index contributed by atoms with van der Waals surface area (Å²) in [6.45, 7) is 3.20. The average molecular weight is 494 g/mol. The maximum atomic E-state index is 13.7. The van der Waals surface area contributed by atoms with Crippen molar-refractivity contribution in [1.29, 1.82) is 0 Å². The highest BCUT2D eigenvalue weighted by molar-refractivity contribution is 7.85. The van der Waals surface area contributed by atoms with E-state index in [0.29, 0.717) is 44.7 Å². The van der Waals surface area contributed by atoms with Crippen LogP contribution in [0.25, 0.3) is 0 Å². The number of anilines is 1. The van der Waals surface area contributed by atoms with Crippen LogP contribution in [0, 0.1) is 0 Å². The molecule has 1 fully saturated rings. The van der Waals surface area contributed by atoms with Gasteiger partial charge in [0.25, 0.3) is 11.8 Å². The summed E-state index contributed by atoms with van der Waals surface area (Å²) in [4.78, 5) is 33.6. The minimum absolute atomic E-state index is 0.0812. The van der Waals surface area contributed by atoms with Gasteiger partial charge in [0.05, 0.1) is 38.4 Å². The second-order valence-electron chi connectivity index (χ2n) is 8.56. The summed E-state index contributed by atoms with van der Waals surface area (Å²) < 4.78 is 13.5. The van der Waals surface area contributed by atoms with E-state index in [1.807, 2.05) is 24.1 Å². The molecule has 0 unspecified atom stereocenters. The van der Waals surface area contributed by atoms with E-state index in [0.717, 1.165) is 18.7 Å². The molecule has 0 saturated carbocycles. The molecule has 8 heteroatoms. The standard InChI is InChI=1S/C26H24ClN3O3S/c1-28-12-14-29(15-13-28)25(31)19-8-11-24-22(16-19)30(17-18-6-9-20(27)10-7-18)26(32)21-4-2-3-5-23(21)34(24)33/h2-11,16H,12-15,17H2,1H3/t34-/m1/s1. The van der Waals surface area contributed by atoms with Gasteiger partial charge >= 0.3 is 0 Å². The fraction of sp³-hybridized carbons (Fsp3) is 0.231. The van der Waals surface area contributed by atoms with Gasteiger partial charge in [-0.05, 0) is 55.1 Å². The number of fused-ring (bicyclic) bond motifs is 2. The number of carbonyl (C=O) groups is 2. The molecule has 0 spiro atoms. The second kappa shape index (κ2) is 9.33. The number of hydrogen-bond donors (Lipinski definition) is 0. The number of rotatable bonds is 3. The van der Waals surface area contributed by atoms with Gasteiger partial charge in [-0.2, -0.15) is 0 Å². The third kappa shape index (κ3) is 4.27. The van der Waals surface area contributed by atoms with E-state index in [1.165, 1.54) is 0 Å². The van der Waals surface area contributed by atoms with Crippen LogP contribution in [-0.4, -0.2) is 59.0 Å². The summed E-state index contributed by atoms with van der Waals surface area (Å²) in [6.07, 6.45) is 0. The van der Waals surface area contributed by atoms with Gasteiger partial charge in [0.15, 0.2) is 0 Å². The van der Waals surface area contributed by atoms with Crippen molar-refractivity contribution in [3.8, 4) is 0 Å². The van der Waals surface area contributed by atoms with E-state index in [2.05, 4.69) is 4.90 Å². The van der Waals surface area contributed by atoms with Crippen LogP contribution in [-0.2, 0) is 17.3 Å². The SMILES string of the molecule is CN1CCN(C(=O)c2ccc3c(c2)N(Cc2ccc(Cl)cc2)C(=O)c2ccccc2[S@]3=O)CC1. The maximum absolute atomic E-state index is 13.7. The van der Waals surface area contributed by atoms with Gasteiger partial charge in [-0.1, -0.05) is 35.9 Å². The number of likely N-dealkylation sites (N-methyl/N-ethyl adjacent to an activating group) is 1. The van der Waals surface area contributed by atoms with E-state index >= 15 is 0 Å². The Bertz CT molecular complexity index is 1290. The Morgan fingerprint density at radius 3 is 2.38 bits per heavy atom. The largest absolute Gasteiger partial charge is 0.336 e. The van der Waals surface area contributed by atoms with E-state index in [4.69, 9.17) is 11.6 Å². The van der Waals surface area contributed by atoms with Gasteiger partial charge in [0, 0.05) is 36.8 Å². The summed E-state index contributed by atoms with van der Waals surface area (Å²) >= 11 is 6.05. The molecule has 34 heavy (non-hydrogen) atoms. The number of amides is 2. The first-order valence-corrected chi connectivity index (χ1v) is 12.6. The number of benzene rings is 3. The molecule has 0 aliphatic carbocycles. The van der Waals surface area contributed by atoms with Crippen LogP contribution in [0.1, 0.15) is 26.3 Å². The van der Waals surface area contributed by atoms with Crippen molar-refractivity contribution in [2.45, 2.75) is 16.3 Å². The molecule has 0 N–H and O–H groups in total. The smallest absolute Gasteiger partial charge is 0.259 e. The zero-order valence-corrected chi connectivity index (χ0v) is 20.3. The van der Waals surface area contributed by atoms with E-state index in [9.17, 15) is 13.8 Å². The van der Waals surface area contributed by atoms with Gasteiger partial charge < -0.3 is 14.7 Å². The first kappa shape index (κ1) is 22.8. The summed E-state index contributed by atoms with van der Waals surface area (Å²) in [5, 5.41) is 0.609. The molecule has 0 radical (unpaired) electrons. The van der Waals surface area contributed by atoms with Crippen molar-refractivity contribution in [1.82, 2.24) is 9.80 Å². The Morgan fingerprint density at radius 1 is 0.941 bits per heavy atom. The normalized spacial score (nSPS) is 18.3. The number of nitrogens with zero attached hydrogens (tertiary/aromatic N) is 3. The third-order valence-electron chi connectivity index (χ3n) is 6.30. The number of carbonyl (C=O) groups excluding carboxylic acids is 2. The van der Waals surface area contributed by atoms with E-state index < -0.39 is 10.8 Å². The monoisotopic (exact) mass is 493 g/mol. The molecular weight excluding hydrogens is 470 g/mol. The lowest BCUT2D eigenvalue weighted by Crippen LogP contribution is -2.47. The molecule has 5 rings (SSSR count). The zero-order chi connectivity index (χ0) is 23.8. The first-order chi connectivity index (χ1) is 16.4. The fourth-order valence-electron chi connectivity index (χ4n) is 4.32. The second-order valence-corrected chi connectivity index (χ2v) is 10.4. The maximum Gasteiger partial charge on any atom is 0.259 e. The first-order valence-electron chi connectivity index (χ1n) is 11.1. The minimum Gasteiger partial charge on any atom is -0.336 e. The van der Waals surface area contributed by atoms with Crippen molar-refractivity contribution in [3.63, 3.8) is 0 Å². The molecule has 174 valence electrons. The fourth-order valence-corrected chi connectivity index (χ4v) is 5.79. The van der Waals surface area contributed by atoms with Gasteiger partial charge in [-0.3, -0.25) is 9.59 Å². The van der Waals surface area contributed by atoms with E-state index in [1.54, 1.807) is 59.5 Å². The van der Waals surface area contributed by atoms with E-state index in [-0.39, 0.29) is 18.4 Å². The number of hydrogen-bond acceptors (Lipinski definition) is 4. The van der Waals surface area contributed by atoms with Crippen LogP contribution in [0.15, 0.2) is 76.5 Å². The Labute approximate surface area is 206 Å². The third-order valence-corrected chi connectivity index (χ3v) is 8.06. The van der Waals surface area contributed by atoms with Crippen molar-refractivity contribution < 1.29 is 13.8 Å². The minimum atomic E-state index is -1.56. The Hall–Kier alpha value is -3.00. The Balaban J connectivity index is 1.59. The predicted molar refractivity (Wildman–Crippen MR) is 133 cm³/mol. The van der Waals surface area contributed by atoms with Gasteiger partial charge in [-0.25, -0.2) is 4.21 Å². The van der Waals surface area contributed by atoms with Crippen LogP contribution in [0.5, 0.6) is 0 Å². The highest BCUT2D eigenvalue weighted by Gasteiger charge is 2.32. The molecule has 6 nitrogen and oxygen atoms in total. The quantitative estimate of drug-likeness (QED) is 0.552. The molecule has 1 atom stereocenters. The average Bonchev–Trinajstić information content (AvgIpc) is 2.95. The number of piperazine rings is 1. The van der Waals surface area contributed by atoms with Gasteiger partial charge in [0.2, 0.25) is 0 Å². The molecule has 2 aliphatic rings. The van der Waals surface area contributed by atoms with Crippen molar-refractivity contribution in [2.75, 3.05) is 38.1 Å². The molecular formula is C26H24ClN3O3S. The van der Waals surface area contributed by atoms with Gasteiger partial charge in [0.1, 0.15) is 0 Å². The van der Waals surface area contributed by atoms with Gasteiger partial charge in [-0.15, -0.1) is 0 Å². The predicted octanol–water partition coefficient (Wildman–Crippen LogP) is 4.05. The molecule has 2 aliphatic heterocycles. The van der Waals surface area contributed by atoms with Crippen LogP contribution in [0.2, 0.25) is 5.02 Å². The highest BCUT2D eigenvalue weighted by atomic mass is 35.5. The lowest BCUT2D eigenvalue weighted by molar-refractivity contribution is 0.0663. The molecule has 3 aromatic rings. The molecule has 0 bridgehead atoms. The Morgan fingerprint density at radius 2 is 1.65 bits per heavy atom. The van der Waals surface area contributed by atoms with Crippen molar-refractivity contribution >= 4 is 39.9 Å². The lowest BCUT2D eigenvalue weighted by atomic mass is 10.1. The van der Waals surface area contributed by atoms with Crippen LogP contribution >= 0.6 is 11.6 Å². The summed E-state index contributed by atoms with van der Waals surface area (Å²) in [7, 11) is 0.482. The van der Waals surface area contributed by atoms with Crippen LogP contribution in [0.4, 0.5) is 5.69 Å². The number of halogens is 1. The Kier molecular flexibility index (Phi) is 6.25. The topological polar surface area (TPSA) is 60.9 Å². The van der Waals surface area contributed by atoms with Crippen LogP contribution < -0.4 is 4.90 Å². The molecule has 2 heterocycles. The molecule has 3 aromatic carbocycles. The van der Waals surface area contributed by atoms with Crippen LogP contribution in [0.3, 0.4) is 0 Å². The summed E-state index contributed by atoms with van der Waals surface area (Å²) in [5.74, 6) is -0.329. The summed E-state index contributed by atoms with van der Waals surface area (Å²) in [5.41, 5.74) is 2.26. The molecule has 2 amide bonds.